The molecular formula is C14H27N5O2. The lowest BCUT2D eigenvalue weighted by Crippen LogP contribution is -2.44. The summed E-state index contributed by atoms with van der Waals surface area (Å²) in [7, 11) is 3.44. The van der Waals surface area contributed by atoms with Crippen molar-refractivity contribution in [2.45, 2.75) is 45.6 Å². The van der Waals surface area contributed by atoms with E-state index in [2.05, 4.69) is 25.8 Å². The molecule has 0 aliphatic carbocycles. The Morgan fingerprint density at radius 3 is 2.71 bits per heavy atom. The minimum Gasteiger partial charge on any atom is -0.383 e. The number of hydrogen-bond donors (Lipinski definition) is 2. The van der Waals surface area contributed by atoms with Crippen LogP contribution in [0.4, 0.5) is 0 Å². The molecule has 1 atom stereocenters. The molecule has 0 spiro atoms. The lowest BCUT2D eigenvalue weighted by atomic mass is 10.2. The van der Waals surface area contributed by atoms with Crippen molar-refractivity contribution in [1.29, 1.82) is 0 Å². The summed E-state index contributed by atoms with van der Waals surface area (Å²) in [4.78, 5) is 8.52. The van der Waals surface area contributed by atoms with Crippen molar-refractivity contribution in [3.05, 3.63) is 11.7 Å². The van der Waals surface area contributed by atoms with Crippen LogP contribution in [0, 0.1) is 0 Å². The van der Waals surface area contributed by atoms with E-state index in [0.29, 0.717) is 18.4 Å². The average molecular weight is 297 g/mol. The van der Waals surface area contributed by atoms with Gasteiger partial charge in [-0.15, -0.1) is 0 Å². The molecule has 1 aromatic heterocycles. The van der Waals surface area contributed by atoms with Gasteiger partial charge in [0, 0.05) is 39.1 Å². The average Bonchev–Trinajstić information content (AvgIpc) is 2.91. The van der Waals surface area contributed by atoms with Gasteiger partial charge in [0.2, 0.25) is 5.89 Å². The quantitative estimate of drug-likeness (QED) is 0.428. The molecule has 7 heteroatoms. The second-order valence-electron chi connectivity index (χ2n) is 5.30. The van der Waals surface area contributed by atoms with Crippen LogP contribution < -0.4 is 10.6 Å². The van der Waals surface area contributed by atoms with Crippen LogP contribution in [0.15, 0.2) is 9.52 Å². The number of aromatic nitrogens is 2. The molecule has 0 bridgehead atoms. The van der Waals surface area contributed by atoms with Gasteiger partial charge in [0.25, 0.3) is 0 Å². The number of nitrogens with one attached hydrogen (secondary N) is 2. The largest absolute Gasteiger partial charge is 0.383 e. The minimum absolute atomic E-state index is 0.214. The summed E-state index contributed by atoms with van der Waals surface area (Å²) in [5.74, 6) is 2.53. The van der Waals surface area contributed by atoms with Crippen LogP contribution in [0.25, 0.3) is 0 Å². The third kappa shape index (κ3) is 6.57. The van der Waals surface area contributed by atoms with Crippen LogP contribution >= 0.6 is 0 Å². The van der Waals surface area contributed by atoms with Gasteiger partial charge in [0.1, 0.15) is 0 Å². The summed E-state index contributed by atoms with van der Waals surface area (Å²) < 4.78 is 10.3. The van der Waals surface area contributed by atoms with Crippen molar-refractivity contribution in [3.63, 3.8) is 0 Å². The maximum absolute atomic E-state index is 5.20. The maximum atomic E-state index is 5.20. The third-order valence-corrected chi connectivity index (χ3v) is 2.88. The Morgan fingerprint density at radius 1 is 1.38 bits per heavy atom. The Morgan fingerprint density at radius 2 is 2.14 bits per heavy atom. The van der Waals surface area contributed by atoms with Crippen molar-refractivity contribution in [2.24, 2.45) is 4.99 Å². The first-order valence-electron chi connectivity index (χ1n) is 7.35. The van der Waals surface area contributed by atoms with Crippen LogP contribution in [0.5, 0.6) is 0 Å². The molecule has 0 amide bonds. The first-order valence-corrected chi connectivity index (χ1v) is 7.35. The molecule has 21 heavy (non-hydrogen) atoms. The SMILES string of the molecule is CN=C(NCCCc1nc(C(C)C)no1)NC(C)COC. The molecule has 1 rings (SSSR count). The van der Waals surface area contributed by atoms with E-state index in [1.807, 2.05) is 20.8 Å². The summed E-state index contributed by atoms with van der Waals surface area (Å²) in [6.07, 6.45) is 1.66. The number of ether oxygens (including phenoxy) is 1. The number of aliphatic imine (C=N–C) groups is 1. The van der Waals surface area contributed by atoms with Crippen molar-refractivity contribution in [2.75, 3.05) is 27.3 Å². The molecule has 1 heterocycles. The van der Waals surface area contributed by atoms with E-state index in [0.717, 1.165) is 31.2 Å². The van der Waals surface area contributed by atoms with Gasteiger partial charge in [0.15, 0.2) is 11.8 Å². The summed E-state index contributed by atoms with van der Waals surface area (Å²) in [6, 6.07) is 0.214. The Labute approximate surface area is 126 Å². The highest BCUT2D eigenvalue weighted by molar-refractivity contribution is 5.79. The second-order valence-corrected chi connectivity index (χ2v) is 5.30. The Balaban J connectivity index is 2.25. The highest BCUT2D eigenvalue weighted by atomic mass is 16.5. The maximum Gasteiger partial charge on any atom is 0.226 e. The van der Waals surface area contributed by atoms with E-state index in [9.17, 15) is 0 Å². The highest BCUT2D eigenvalue weighted by Gasteiger charge is 2.09. The van der Waals surface area contributed by atoms with Gasteiger partial charge in [-0.25, -0.2) is 0 Å². The van der Waals surface area contributed by atoms with E-state index < -0.39 is 0 Å². The van der Waals surface area contributed by atoms with E-state index in [1.165, 1.54) is 0 Å². The molecule has 0 radical (unpaired) electrons. The summed E-state index contributed by atoms with van der Waals surface area (Å²) in [6.45, 7) is 7.57. The van der Waals surface area contributed by atoms with Crippen molar-refractivity contribution in [3.8, 4) is 0 Å². The van der Waals surface area contributed by atoms with E-state index in [1.54, 1.807) is 14.2 Å². The van der Waals surface area contributed by atoms with Gasteiger partial charge in [0.05, 0.1) is 6.61 Å². The zero-order valence-corrected chi connectivity index (χ0v) is 13.6. The number of methoxy groups -OCH3 is 1. The van der Waals surface area contributed by atoms with E-state index in [-0.39, 0.29) is 6.04 Å². The molecule has 0 aliphatic rings. The summed E-state index contributed by atoms with van der Waals surface area (Å²) in [5, 5.41) is 10.4. The van der Waals surface area contributed by atoms with Gasteiger partial charge in [-0.05, 0) is 13.3 Å². The molecule has 120 valence electrons. The molecule has 7 nitrogen and oxygen atoms in total. The molecule has 1 unspecified atom stereocenters. The summed E-state index contributed by atoms with van der Waals surface area (Å²) in [5.41, 5.74) is 0. The first-order chi connectivity index (χ1) is 10.1. The molecule has 1 aromatic rings. The lowest BCUT2D eigenvalue weighted by Gasteiger charge is -2.16. The van der Waals surface area contributed by atoms with E-state index >= 15 is 0 Å². The van der Waals surface area contributed by atoms with Gasteiger partial charge in [-0.3, -0.25) is 4.99 Å². The highest BCUT2D eigenvalue weighted by Crippen LogP contribution is 2.10. The van der Waals surface area contributed by atoms with Crippen LogP contribution in [-0.2, 0) is 11.2 Å². The molecule has 0 saturated carbocycles. The zero-order chi connectivity index (χ0) is 15.7. The summed E-state index contributed by atoms with van der Waals surface area (Å²) >= 11 is 0. The molecule has 0 aromatic carbocycles. The lowest BCUT2D eigenvalue weighted by molar-refractivity contribution is 0.179. The zero-order valence-electron chi connectivity index (χ0n) is 13.6. The predicted octanol–water partition coefficient (Wildman–Crippen LogP) is 1.33. The number of rotatable bonds is 8. The number of guanidine groups is 1. The first kappa shape index (κ1) is 17.4. The third-order valence-electron chi connectivity index (χ3n) is 2.88. The number of hydrogen-bond acceptors (Lipinski definition) is 5. The molecule has 0 aliphatic heterocycles. The topological polar surface area (TPSA) is 84.6 Å². The number of nitrogens with zero attached hydrogens (tertiary/aromatic N) is 3. The Hall–Kier alpha value is -1.63. The van der Waals surface area contributed by atoms with Gasteiger partial charge in [-0.2, -0.15) is 4.98 Å². The second kappa shape index (κ2) is 9.33. The van der Waals surface area contributed by atoms with Gasteiger partial charge >= 0.3 is 0 Å². The predicted molar refractivity (Wildman–Crippen MR) is 82.5 cm³/mol. The van der Waals surface area contributed by atoms with Crippen molar-refractivity contribution in [1.82, 2.24) is 20.8 Å². The molecule has 2 N–H and O–H groups in total. The van der Waals surface area contributed by atoms with Gasteiger partial charge < -0.3 is 19.9 Å². The monoisotopic (exact) mass is 297 g/mol. The minimum atomic E-state index is 0.214. The van der Waals surface area contributed by atoms with Crippen LogP contribution in [0.3, 0.4) is 0 Å². The fourth-order valence-electron chi connectivity index (χ4n) is 1.77. The van der Waals surface area contributed by atoms with Gasteiger partial charge in [-0.1, -0.05) is 19.0 Å². The molecule has 0 fully saturated rings. The fourth-order valence-corrected chi connectivity index (χ4v) is 1.77. The Bertz CT molecular complexity index is 431. The standard InChI is InChI=1S/C14H27N5O2/c1-10(2)13-18-12(21-19-13)7-6-8-16-14(15-4)17-11(3)9-20-5/h10-11H,6-9H2,1-5H3,(H2,15,16,17). The van der Waals surface area contributed by atoms with Crippen molar-refractivity contribution < 1.29 is 9.26 Å². The normalized spacial score (nSPS) is 13.5. The number of aryl methyl sites for hydroxylation is 1. The van der Waals surface area contributed by atoms with Crippen LogP contribution in [-0.4, -0.2) is 49.5 Å². The molecular weight excluding hydrogens is 270 g/mol. The van der Waals surface area contributed by atoms with E-state index in [4.69, 9.17) is 9.26 Å². The van der Waals surface area contributed by atoms with Crippen molar-refractivity contribution >= 4 is 5.96 Å². The molecule has 0 saturated heterocycles. The van der Waals surface area contributed by atoms with Crippen LogP contribution in [0.1, 0.15) is 44.8 Å². The fraction of sp³-hybridized carbons (Fsp3) is 0.786. The van der Waals surface area contributed by atoms with Crippen LogP contribution in [0.2, 0.25) is 0 Å². The smallest absolute Gasteiger partial charge is 0.226 e. The Kier molecular flexibility index (Phi) is 7.74.